The third kappa shape index (κ3) is 6.95. The van der Waals surface area contributed by atoms with Crippen LogP contribution in [0.25, 0.3) is 11.3 Å². The second kappa shape index (κ2) is 14.2. The van der Waals surface area contributed by atoms with Crippen LogP contribution in [0.4, 0.5) is 23.4 Å². The lowest BCUT2D eigenvalue weighted by molar-refractivity contribution is 0.1000. The van der Waals surface area contributed by atoms with Gasteiger partial charge in [-0.2, -0.15) is 4.98 Å². The van der Waals surface area contributed by atoms with Gasteiger partial charge < -0.3 is 34.6 Å². The Morgan fingerprint density at radius 1 is 0.857 bits per heavy atom. The van der Waals surface area contributed by atoms with Gasteiger partial charge in [-0.15, -0.1) is 0 Å². The SMILES string of the molecule is COc1ccc(CN(Cc2ccc(OC)cc2)c2ncc(-c3nc(N4CCOCC4)nc4c3CCN4c3cccc(C(N)=O)c3)cn2)cc1. The number of fused-ring (bicyclic) bond motifs is 1. The quantitative estimate of drug-likeness (QED) is 0.210. The lowest BCUT2D eigenvalue weighted by Gasteiger charge is -2.28. The van der Waals surface area contributed by atoms with Crippen molar-refractivity contribution in [2.24, 2.45) is 5.73 Å². The molecule has 5 aromatic rings. The van der Waals surface area contributed by atoms with Crippen molar-refractivity contribution in [2.45, 2.75) is 19.5 Å². The third-order valence-corrected chi connectivity index (χ3v) is 8.81. The van der Waals surface area contributed by atoms with Crippen LogP contribution in [0.2, 0.25) is 0 Å². The van der Waals surface area contributed by atoms with Gasteiger partial charge in [-0.25, -0.2) is 15.0 Å². The fourth-order valence-electron chi connectivity index (χ4n) is 6.17. The van der Waals surface area contributed by atoms with Gasteiger partial charge in [-0.1, -0.05) is 30.3 Å². The first-order valence-corrected chi connectivity index (χ1v) is 16.2. The zero-order chi connectivity index (χ0) is 33.7. The molecule has 2 N–H and O–H groups in total. The average molecular weight is 659 g/mol. The van der Waals surface area contributed by atoms with Gasteiger partial charge in [0, 0.05) is 67.5 Å². The van der Waals surface area contributed by atoms with Crippen LogP contribution in [0.1, 0.15) is 27.0 Å². The van der Waals surface area contributed by atoms with Crippen LogP contribution in [0.5, 0.6) is 11.5 Å². The molecule has 1 saturated heterocycles. The summed E-state index contributed by atoms with van der Waals surface area (Å²) in [5.41, 5.74) is 11.7. The van der Waals surface area contributed by atoms with E-state index in [0.29, 0.717) is 63.4 Å². The number of carbonyl (C=O) groups excluding carboxylic acids is 1. The van der Waals surface area contributed by atoms with Crippen LogP contribution in [0.15, 0.2) is 85.2 Å². The lowest BCUT2D eigenvalue weighted by atomic mass is 10.1. The van der Waals surface area contributed by atoms with Gasteiger partial charge in [0.05, 0.1) is 33.1 Å². The predicted molar refractivity (Wildman–Crippen MR) is 188 cm³/mol. The maximum Gasteiger partial charge on any atom is 0.248 e. The summed E-state index contributed by atoms with van der Waals surface area (Å²) in [7, 11) is 3.33. The van der Waals surface area contributed by atoms with Gasteiger partial charge in [0.25, 0.3) is 0 Å². The van der Waals surface area contributed by atoms with Crippen LogP contribution < -0.4 is 29.9 Å². The summed E-state index contributed by atoms with van der Waals surface area (Å²) in [5, 5.41) is 0. The molecule has 12 heteroatoms. The summed E-state index contributed by atoms with van der Waals surface area (Å²) in [6, 6.07) is 23.4. The molecule has 2 aliphatic rings. The number of primary amides is 1. The highest BCUT2D eigenvalue weighted by molar-refractivity contribution is 5.94. The Kier molecular flexibility index (Phi) is 9.20. The molecule has 4 heterocycles. The number of morpholine rings is 1. The van der Waals surface area contributed by atoms with E-state index in [2.05, 4.69) is 39.0 Å². The number of nitrogens with two attached hydrogens (primary N) is 1. The van der Waals surface area contributed by atoms with E-state index in [4.69, 9.17) is 39.9 Å². The number of benzene rings is 3. The predicted octanol–water partition coefficient (Wildman–Crippen LogP) is 4.79. The smallest absolute Gasteiger partial charge is 0.248 e. The molecule has 1 amide bonds. The maximum absolute atomic E-state index is 12.0. The van der Waals surface area contributed by atoms with Crippen molar-refractivity contribution >= 4 is 29.3 Å². The van der Waals surface area contributed by atoms with Crippen molar-refractivity contribution in [1.29, 1.82) is 0 Å². The molecule has 0 bridgehead atoms. The van der Waals surface area contributed by atoms with E-state index in [1.807, 2.05) is 54.9 Å². The van der Waals surface area contributed by atoms with E-state index in [1.54, 1.807) is 20.3 Å². The standard InChI is InChI=1S/C37H38N8O4/c1-47-30-10-6-25(7-11-30)23-44(24-26-8-12-31(48-2)13-9-26)36-39-21-28(22-40-36)33-32-14-15-45(29-5-3-4-27(20-29)34(38)46)35(32)42-37(41-33)43-16-18-49-19-17-43/h3-13,20-22H,14-19,23-24H2,1-2H3,(H2,38,46). The number of amides is 1. The average Bonchev–Trinajstić information content (AvgIpc) is 3.59. The molecule has 0 radical (unpaired) electrons. The first-order valence-electron chi connectivity index (χ1n) is 16.2. The fourth-order valence-corrected chi connectivity index (χ4v) is 6.17. The largest absolute Gasteiger partial charge is 0.497 e. The lowest BCUT2D eigenvalue weighted by Crippen LogP contribution is -2.37. The van der Waals surface area contributed by atoms with Crippen LogP contribution in [0.3, 0.4) is 0 Å². The normalized spacial score (nSPS) is 14.0. The highest BCUT2D eigenvalue weighted by Gasteiger charge is 2.30. The molecule has 2 aromatic heterocycles. The summed E-state index contributed by atoms with van der Waals surface area (Å²) in [6.07, 6.45) is 4.41. The van der Waals surface area contributed by atoms with Crippen LogP contribution >= 0.6 is 0 Å². The molecule has 0 atom stereocenters. The van der Waals surface area contributed by atoms with E-state index >= 15 is 0 Å². The number of ether oxygens (including phenoxy) is 3. The molecule has 0 unspecified atom stereocenters. The molecule has 3 aromatic carbocycles. The first-order chi connectivity index (χ1) is 24.0. The Morgan fingerprint density at radius 2 is 1.49 bits per heavy atom. The highest BCUT2D eigenvalue weighted by atomic mass is 16.5. The molecule has 0 saturated carbocycles. The van der Waals surface area contributed by atoms with E-state index in [9.17, 15) is 4.79 Å². The number of carbonyl (C=O) groups is 1. The number of hydrogen-bond donors (Lipinski definition) is 1. The molecular formula is C37H38N8O4. The van der Waals surface area contributed by atoms with Gasteiger partial charge in [0.15, 0.2) is 0 Å². The number of aromatic nitrogens is 4. The van der Waals surface area contributed by atoms with Crippen LogP contribution in [0, 0.1) is 0 Å². The Hall–Kier alpha value is -5.75. The van der Waals surface area contributed by atoms with Gasteiger partial charge in [0.1, 0.15) is 17.3 Å². The molecule has 12 nitrogen and oxygen atoms in total. The van der Waals surface area contributed by atoms with Crippen molar-refractivity contribution < 1.29 is 19.0 Å². The van der Waals surface area contributed by atoms with E-state index < -0.39 is 5.91 Å². The zero-order valence-electron chi connectivity index (χ0n) is 27.6. The first kappa shape index (κ1) is 31.8. The molecule has 7 rings (SSSR count). The van der Waals surface area contributed by atoms with E-state index in [-0.39, 0.29) is 0 Å². The number of hydrogen-bond acceptors (Lipinski definition) is 11. The minimum absolute atomic E-state index is 0.450. The second-order valence-corrected chi connectivity index (χ2v) is 11.9. The molecule has 0 spiro atoms. The summed E-state index contributed by atoms with van der Waals surface area (Å²) in [4.78, 5) is 38.3. The number of methoxy groups -OCH3 is 2. The highest BCUT2D eigenvalue weighted by Crippen LogP contribution is 2.39. The minimum atomic E-state index is -0.469. The summed E-state index contributed by atoms with van der Waals surface area (Å²) in [5.74, 6) is 3.17. The third-order valence-electron chi connectivity index (χ3n) is 8.81. The Balaban J connectivity index is 1.24. The van der Waals surface area contributed by atoms with Gasteiger partial charge >= 0.3 is 0 Å². The zero-order valence-corrected chi connectivity index (χ0v) is 27.6. The molecule has 250 valence electrons. The Morgan fingerprint density at radius 3 is 2.08 bits per heavy atom. The Bertz CT molecular complexity index is 1860. The van der Waals surface area contributed by atoms with Crippen molar-refractivity contribution in [2.75, 3.05) is 61.8 Å². The van der Waals surface area contributed by atoms with Crippen molar-refractivity contribution in [3.8, 4) is 22.8 Å². The molecule has 2 aliphatic heterocycles. The molecule has 0 aliphatic carbocycles. The topological polar surface area (TPSA) is 132 Å². The second-order valence-electron chi connectivity index (χ2n) is 11.9. The molecular weight excluding hydrogens is 620 g/mol. The van der Waals surface area contributed by atoms with Gasteiger partial charge in [-0.05, 0) is 60.0 Å². The number of anilines is 4. The fraction of sp³-hybridized carbons (Fsp3) is 0.270. The summed E-state index contributed by atoms with van der Waals surface area (Å²) < 4.78 is 16.3. The van der Waals surface area contributed by atoms with Crippen molar-refractivity contribution in [3.63, 3.8) is 0 Å². The van der Waals surface area contributed by atoms with Crippen LogP contribution in [-0.4, -0.2) is 72.9 Å². The molecule has 49 heavy (non-hydrogen) atoms. The van der Waals surface area contributed by atoms with E-state index in [0.717, 1.165) is 57.4 Å². The van der Waals surface area contributed by atoms with Crippen molar-refractivity contribution in [3.05, 3.63) is 107 Å². The monoisotopic (exact) mass is 658 g/mol. The number of nitrogens with zero attached hydrogens (tertiary/aromatic N) is 7. The van der Waals surface area contributed by atoms with Crippen molar-refractivity contribution in [1.82, 2.24) is 19.9 Å². The minimum Gasteiger partial charge on any atom is -0.497 e. The number of rotatable bonds is 11. The van der Waals surface area contributed by atoms with Crippen LogP contribution in [-0.2, 0) is 24.2 Å². The summed E-state index contributed by atoms with van der Waals surface area (Å²) >= 11 is 0. The summed E-state index contributed by atoms with van der Waals surface area (Å²) in [6.45, 7) is 4.47. The Labute approximate surface area is 285 Å². The molecule has 1 fully saturated rings. The van der Waals surface area contributed by atoms with Gasteiger partial charge in [0.2, 0.25) is 17.8 Å². The maximum atomic E-state index is 12.0. The van der Waals surface area contributed by atoms with Gasteiger partial charge in [-0.3, -0.25) is 4.79 Å². The van der Waals surface area contributed by atoms with E-state index in [1.165, 1.54) is 0 Å².